The zero-order valence-corrected chi connectivity index (χ0v) is 10.2. The molecule has 1 aromatic heterocycles. The second kappa shape index (κ2) is 4.65. The van der Waals surface area contributed by atoms with Gasteiger partial charge in [-0.1, -0.05) is 17.3 Å². The van der Waals surface area contributed by atoms with Gasteiger partial charge in [-0.15, -0.1) is 0 Å². The molecule has 2 aromatic carbocycles. The number of nitrogens with two attached hydrogens (primary N) is 1. The van der Waals surface area contributed by atoms with Crippen LogP contribution >= 0.6 is 0 Å². The lowest BCUT2D eigenvalue weighted by molar-refractivity contribution is 0.431. The van der Waals surface area contributed by atoms with E-state index >= 15 is 0 Å². The number of benzene rings is 2. The average molecular weight is 271 g/mol. The third-order valence-electron chi connectivity index (χ3n) is 2.82. The Hall–Kier alpha value is -2.89. The highest BCUT2D eigenvalue weighted by molar-refractivity contribution is 5.66. The van der Waals surface area contributed by atoms with Crippen molar-refractivity contribution < 1.29 is 14.0 Å². The maximum absolute atomic E-state index is 13.6. The predicted molar refractivity (Wildman–Crippen MR) is 71.2 cm³/mol. The SMILES string of the molecule is Nc1cc(-c2nc(-c3ccccc3F)no2)ccc1O. The number of halogens is 1. The normalized spacial score (nSPS) is 10.7. The van der Waals surface area contributed by atoms with Crippen LogP contribution < -0.4 is 5.73 Å². The minimum Gasteiger partial charge on any atom is -0.506 e. The second-order valence-corrected chi connectivity index (χ2v) is 4.18. The van der Waals surface area contributed by atoms with Crippen molar-refractivity contribution in [3.8, 4) is 28.6 Å². The molecule has 0 unspecified atom stereocenters. The van der Waals surface area contributed by atoms with Gasteiger partial charge in [0.1, 0.15) is 11.6 Å². The van der Waals surface area contributed by atoms with Crippen molar-refractivity contribution in [3.63, 3.8) is 0 Å². The Labute approximate surface area is 113 Å². The van der Waals surface area contributed by atoms with Gasteiger partial charge in [-0.05, 0) is 30.3 Å². The van der Waals surface area contributed by atoms with E-state index < -0.39 is 5.82 Å². The highest BCUT2D eigenvalue weighted by atomic mass is 19.1. The molecule has 0 spiro atoms. The summed E-state index contributed by atoms with van der Waals surface area (Å²) >= 11 is 0. The molecule has 3 rings (SSSR count). The summed E-state index contributed by atoms with van der Waals surface area (Å²) in [5, 5.41) is 13.1. The number of hydrogen-bond acceptors (Lipinski definition) is 5. The summed E-state index contributed by atoms with van der Waals surface area (Å²) in [6, 6.07) is 10.7. The van der Waals surface area contributed by atoms with Gasteiger partial charge < -0.3 is 15.4 Å². The van der Waals surface area contributed by atoms with Gasteiger partial charge in [-0.3, -0.25) is 0 Å². The van der Waals surface area contributed by atoms with E-state index in [4.69, 9.17) is 10.3 Å². The topological polar surface area (TPSA) is 85.2 Å². The summed E-state index contributed by atoms with van der Waals surface area (Å²) in [4.78, 5) is 4.13. The molecule has 3 N–H and O–H groups in total. The Balaban J connectivity index is 2.02. The number of nitrogens with zero attached hydrogens (tertiary/aromatic N) is 2. The number of aromatic hydroxyl groups is 1. The molecular formula is C14H10FN3O2. The lowest BCUT2D eigenvalue weighted by atomic mass is 10.2. The van der Waals surface area contributed by atoms with Crippen molar-refractivity contribution in [1.82, 2.24) is 10.1 Å². The summed E-state index contributed by atoms with van der Waals surface area (Å²) in [6.07, 6.45) is 0. The van der Waals surface area contributed by atoms with Gasteiger partial charge in [0.05, 0.1) is 11.3 Å². The third kappa shape index (κ3) is 2.07. The number of hydrogen-bond donors (Lipinski definition) is 2. The fourth-order valence-corrected chi connectivity index (χ4v) is 1.78. The van der Waals surface area contributed by atoms with Crippen LogP contribution in [0.15, 0.2) is 47.0 Å². The lowest BCUT2D eigenvalue weighted by Gasteiger charge is -1.99. The molecule has 0 aliphatic carbocycles. The van der Waals surface area contributed by atoms with Crippen LogP contribution in [0.1, 0.15) is 0 Å². The van der Waals surface area contributed by atoms with Gasteiger partial charge in [-0.25, -0.2) is 4.39 Å². The smallest absolute Gasteiger partial charge is 0.258 e. The monoisotopic (exact) mass is 271 g/mol. The summed E-state index contributed by atoms with van der Waals surface area (Å²) in [5.41, 5.74) is 6.61. The van der Waals surface area contributed by atoms with E-state index in [0.717, 1.165) is 0 Å². The van der Waals surface area contributed by atoms with Crippen LogP contribution in [0.5, 0.6) is 5.75 Å². The molecule has 0 radical (unpaired) electrons. The van der Waals surface area contributed by atoms with E-state index in [1.165, 1.54) is 18.2 Å². The van der Waals surface area contributed by atoms with E-state index in [1.54, 1.807) is 24.3 Å². The molecule has 6 heteroatoms. The molecule has 20 heavy (non-hydrogen) atoms. The molecule has 100 valence electrons. The van der Waals surface area contributed by atoms with Crippen LogP contribution in [0.3, 0.4) is 0 Å². The molecule has 5 nitrogen and oxygen atoms in total. The molecule has 0 fully saturated rings. The summed E-state index contributed by atoms with van der Waals surface area (Å²) in [6.45, 7) is 0. The zero-order chi connectivity index (χ0) is 14.1. The van der Waals surface area contributed by atoms with Crippen LogP contribution in [0.2, 0.25) is 0 Å². The van der Waals surface area contributed by atoms with E-state index in [-0.39, 0.29) is 28.7 Å². The highest BCUT2D eigenvalue weighted by Crippen LogP contribution is 2.28. The van der Waals surface area contributed by atoms with Gasteiger partial charge >= 0.3 is 0 Å². The molecule has 0 bridgehead atoms. The standard InChI is InChI=1S/C14H10FN3O2/c15-10-4-2-1-3-9(10)13-17-14(20-18-13)8-5-6-12(19)11(16)7-8/h1-7,19H,16H2. The van der Waals surface area contributed by atoms with Crippen molar-refractivity contribution in [1.29, 1.82) is 0 Å². The molecule has 0 aliphatic rings. The number of rotatable bonds is 2. The fourth-order valence-electron chi connectivity index (χ4n) is 1.78. The van der Waals surface area contributed by atoms with Crippen LogP contribution in [-0.2, 0) is 0 Å². The molecule has 0 saturated carbocycles. The lowest BCUT2D eigenvalue weighted by Crippen LogP contribution is -1.88. The fraction of sp³-hybridized carbons (Fsp3) is 0. The molecule has 0 saturated heterocycles. The number of phenols is 1. The van der Waals surface area contributed by atoms with Crippen LogP contribution in [0.25, 0.3) is 22.8 Å². The van der Waals surface area contributed by atoms with Crippen molar-refractivity contribution in [2.75, 3.05) is 5.73 Å². The van der Waals surface area contributed by atoms with E-state index in [0.29, 0.717) is 5.56 Å². The number of aromatic nitrogens is 2. The molecule has 0 aliphatic heterocycles. The highest BCUT2D eigenvalue weighted by Gasteiger charge is 2.14. The van der Waals surface area contributed by atoms with Gasteiger partial charge in [0.15, 0.2) is 0 Å². The average Bonchev–Trinajstić information content (AvgIpc) is 2.92. The van der Waals surface area contributed by atoms with Gasteiger partial charge in [0, 0.05) is 5.56 Å². The third-order valence-corrected chi connectivity index (χ3v) is 2.82. The predicted octanol–water partition coefficient (Wildman–Crippen LogP) is 2.83. The molecular weight excluding hydrogens is 261 g/mol. The van der Waals surface area contributed by atoms with Crippen molar-refractivity contribution in [3.05, 3.63) is 48.3 Å². The maximum Gasteiger partial charge on any atom is 0.258 e. The number of anilines is 1. The van der Waals surface area contributed by atoms with Gasteiger partial charge in [-0.2, -0.15) is 4.98 Å². The Morgan fingerprint density at radius 2 is 1.95 bits per heavy atom. The van der Waals surface area contributed by atoms with Crippen molar-refractivity contribution in [2.45, 2.75) is 0 Å². The minimum absolute atomic E-state index is 0.0254. The van der Waals surface area contributed by atoms with Gasteiger partial charge in [0.2, 0.25) is 5.82 Å². The first-order valence-electron chi connectivity index (χ1n) is 5.82. The molecule has 0 atom stereocenters. The van der Waals surface area contributed by atoms with E-state index in [9.17, 15) is 9.50 Å². The maximum atomic E-state index is 13.6. The Kier molecular flexibility index (Phi) is 2.83. The first-order valence-corrected chi connectivity index (χ1v) is 5.82. The summed E-state index contributed by atoms with van der Waals surface area (Å²) in [5.74, 6) is -0.0904. The molecule has 0 amide bonds. The van der Waals surface area contributed by atoms with Crippen LogP contribution in [-0.4, -0.2) is 15.2 Å². The second-order valence-electron chi connectivity index (χ2n) is 4.18. The zero-order valence-electron chi connectivity index (χ0n) is 10.2. The Morgan fingerprint density at radius 3 is 2.70 bits per heavy atom. The largest absolute Gasteiger partial charge is 0.506 e. The van der Waals surface area contributed by atoms with Crippen LogP contribution in [0.4, 0.5) is 10.1 Å². The van der Waals surface area contributed by atoms with E-state index in [1.807, 2.05) is 0 Å². The first kappa shape index (κ1) is 12.2. The quantitative estimate of drug-likeness (QED) is 0.553. The van der Waals surface area contributed by atoms with Crippen molar-refractivity contribution in [2.24, 2.45) is 0 Å². The minimum atomic E-state index is -0.426. The van der Waals surface area contributed by atoms with Crippen molar-refractivity contribution >= 4 is 5.69 Å². The van der Waals surface area contributed by atoms with E-state index in [2.05, 4.69) is 10.1 Å². The summed E-state index contributed by atoms with van der Waals surface area (Å²) < 4.78 is 18.7. The summed E-state index contributed by atoms with van der Waals surface area (Å²) in [7, 11) is 0. The van der Waals surface area contributed by atoms with Crippen LogP contribution in [0, 0.1) is 5.82 Å². The molecule has 3 aromatic rings. The number of phenolic OH excluding ortho intramolecular Hbond substituents is 1. The molecule has 1 heterocycles. The van der Waals surface area contributed by atoms with Gasteiger partial charge in [0.25, 0.3) is 5.89 Å². The number of nitrogen functional groups attached to an aromatic ring is 1. The Bertz CT molecular complexity index is 771. The Morgan fingerprint density at radius 1 is 1.15 bits per heavy atom. The first-order chi connectivity index (χ1) is 9.65.